The Morgan fingerprint density at radius 1 is 1.38 bits per heavy atom. The molecule has 1 N–H and O–H groups in total. The minimum atomic E-state index is -0.750. The summed E-state index contributed by atoms with van der Waals surface area (Å²) in [5.41, 5.74) is 0. The molecule has 1 fully saturated rings. The van der Waals surface area contributed by atoms with Gasteiger partial charge in [0.05, 0.1) is 18.8 Å². The molecule has 1 rings (SSSR count). The summed E-state index contributed by atoms with van der Waals surface area (Å²) in [5, 5.41) is 8.92. The predicted octanol–water partition coefficient (Wildman–Crippen LogP) is 1.74. The van der Waals surface area contributed by atoms with Crippen LogP contribution in [0.3, 0.4) is 0 Å². The van der Waals surface area contributed by atoms with E-state index in [2.05, 4.69) is 18.7 Å². The standard InChI is InChI=1S/C12H23NO3/c1-8(2)13(7-12(14)15)11-5-9(3)16-10(4)6-11/h8-11H,5-7H2,1-4H3,(H,14,15). The van der Waals surface area contributed by atoms with Crippen LogP contribution in [-0.4, -0.2) is 46.8 Å². The summed E-state index contributed by atoms with van der Waals surface area (Å²) < 4.78 is 5.68. The molecule has 0 aromatic heterocycles. The third kappa shape index (κ3) is 3.76. The number of ether oxygens (including phenoxy) is 1. The van der Waals surface area contributed by atoms with Gasteiger partial charge in [0.1, 0.15) is 0 Å². The molecule has 0 aromatic rings. The van der Waals surface area contributed by atoms with Crippen molar-refractivity contribution in [2.75, 3.05) is 6.54 Å². The maximum Gasteiger partial charge on any atom is 0.317 e. The lowest BCUT2D eigenvalue weighted by Gasteiger charge is -2.40. The molecule has 0 aromatic carbocycles. The van der Waals surface area contributed by atoms with Crippen molar-refractivity contribution in [3.05, 3.63) is 0 Å². The second-order valence-corrected chi connectivity index (χ2v) is 5.04. The van der Waals surface area contributed by atoms with E-state index in [0.717, 1.165) is 12.8 Å². The Morgan fingerprint density at radius 3 is 2.25 bits per heavy atom. The van der Waals surface area contributed by atoms with Crippen LogP contribution in [0.4, 0.5) is 0 Å². The second-order valence-electron chi connectivity index (χ2n) is 5.04. The summed E-state index contributed by atoms with van der Waals surface area (Å²) in [7, 11) is 0. The molecule has 0 saturated carbocycles. The largest absolute Gasteiger partial charge is 0.480 e. The van der Waals surface area contributed by atoms with Gasteiger partial charge in [-0.1, -0.05) is 0 Å². The molecular formula is C12H23NO3. The monoisotopic (exact) mass is 229 g/mol. The average Bonchev–Trinajstić information content (AvgIpc) is 2.11. The van der Waals surface area contributed by atoms with Crippen LogP contribution < -0.4 is 0 Å². The highest BCUT2D eigenvalue weighted by Crippen LogP contribution is 2.24. The van der Waals surface area contributed by atoms with Gasteiger partial charge in [-0.2, -0.15) is 0 Å². The average molecular weight is 229 g/mol. The number of hydrogen-bond donors (Lipinski definition) is 1. The van der Waals surface area contributed by atoms with E-state index >= 15 is 0 Å². The van der Waals surface area contributed by atoms with Crippen molar-refractivity contribution in [3.63, 3.8) is 0 Å². The van der Waals surface area contributed by atoms with E-state index in [0.29, 0.717) is 6.04 Å². The molecular weight excluding hydrogens is 206 g/mol. The van der Waals surface area contributed by atoms with Crippen molar-refractivity contribution in [1.82, 2.24) is 4.90 Å². The fourth-order valence-electron chi connectivity index (χ4n) is 2.53. The zero-order valence-electron chi connectivity index (χ0n) is 10.6. The molecule has 1 saturated heterocycles. The Morgan fingerprint density at radius 2 is 1.88 bits per heavy atom. The van der Waals surface area contributed by atoms with Crippen LogP contribution in [0.1, 0.15) is 40.5 Å². The molecule has 4 heteroatoms. The Balaban J connectivity index is 2.65. The number of rotatable bonds is 4. The molecule has 2 atom stereocenters. The van der Waals surface area contributed by atoms with Gasteiger partial charge in [0.25, 0.3) is 0 Å². The first-order valence-electron chi connectivity index (χ1n) is 6.03. The van der Waals surface area contributed by atoms with E-state index in [1.54, 1.807) is 0 Å². The van der Waals surface area contributed by atoms with Crippen molar-refractivity contribution >= 4 is 5.97 Å². The van der Waals surface area contributed by atoms with Gasteiger partial charge in [-0.25, -0.2) is 0 Å². The predicted molar refractivity (Wildman–Crippen MR) is 62.5 cm³/mol. The van der Waals surface area contributed by atoms with Crippen LogP contribution in [0.25, 0.3) is 0 Å². The number of carbonyl (C=O) groups is 1. The van der Waals surface area contributed by atoms with Gasteiger partial charge < -0.3 is 9.84 Å². The number of carboxylic acid groups (broad SMARTS) is 1. The molecule has 0 amide bonds. The summed E-state index contributed by atoms with van der Waals surface area (Å²) in [6.07, 6.45) is 2.30. The van der Waals surface area contributed by atoms with Gasteiger partial charge in [-0.3, -0.25) is 9.69 Å². The van der Waals surface area contributed by atoms with Gasteiger partial charge in [-0.15, -0.1) is 0 Å². The minimum absolute atomic E-state index is 0.127. The van der Waals surface area contributed by atoms with Crippen LogP contribution in [0.15, 0.2) is 0 Å². The topological polar surface area (TPSA) is 49.8 Å². The lowest BCUT2D eigenvalue weighted by Crippen LogP contribution is -2.49. The van der Waals surface area contributed by atoms with Crippen molar-refractivity contribution in [1.29, 1.82) is 0 Å². The maximum absolute atomic E-state index is 10.8. The molecule has 1 aliphatic heterocycles. The lowest BCUT2D eigenvalue weighted by molar-refractivity contribution is -0.141. The van der Waals surface area contributed by atoms with Crippen molar-refractivity contribution < 1.29 is 14.6 Å². The Labute approximate surface area is 97.6 Å². The third-order valence-corrected chi connectivity index (χ3v) is 3.12. The summed E-state index contributed by atoms with van der Waals surface area (Å²) >= 11 is 0. The van der Waals surface area contributed by atoms with Gasteiger partial charge in [0.2, 0.25) is 0 Å². The molecule has 4 nitrogen and oxygen atoms in total. The molecule has 1 aliphatic rings. The highest BCUT2D eigenvalue weighted by atomic mass is 16.5. The normalized spacial score (nSPS) is 31.0. The molecule has 16 heavy (non-hydrogen) atoms. The molecule has 0 spiro atoms. The zero-order valence-corrected chi connectivity index (χ0v) is 10.6. The quantitative estimate of drug-likeness (QED) is 0.797. The first-order valence-corrected chi connectivity index (χ1v) is 6.03. The highest BCUT2D eigenvalue weighted by molar-refractivity contribution is 5.69. The Kier molecular flexibility index (Phi) is 4.74. The van der Waals surface area contributed by atoms with Crippen LogP contribution >= 0.6 is 0 Å². The van der Waals surface area contributed by atoms with E-state index in [-0.39, 0.29) is 24.8 Å². The molecule has 0 aliphatic carbocycles. The second kappa shape index (κ2) is 5.64. The van der Waals surface area contributed by atoms with Crippen molar-refractivity contribution in [2.45, 2.75) is 64.8 Å². The van der Waals surface area contributed by atoms with Crippen LogP contribution in [0, 0.1) is 0 Å². The number of nitrogens with zero attached hydrogens (tertiary/aromatic N) is 1. The molecule has 0 bridgehead atoms. The van der Waals surface area contributed by atoms with Crippen LogP contribution in [0.5, 0.6) is 0 Å². The lowest BCUT2D eigenvalue weighted by atomic mass is 9.97. The van der Waals surface area contributed by atoms with E-state index in [1.807, 2.05) is 13.8 Å². The SMILES string of the molecule is CC1CC(N(CC(=O)O)C(C)C)CC(C)O1. The van der Waals surface area contributed by atoms with E-state index in [4.69, 9.17) is 9.84 Å². The molecule has 0 radical (unpaired) electrons. The first kappa shape index (κ1) is 13.5. The summed E-state index contributed by atoms with van der Waals surface area (Å²) in [6, 6.07) is 0.591. The van der Waals surface area contributed by atoms with Gasteiger partial charge in [-0.05, 0) is 40.5 Å². The summed E-state index contributed by atoms with van der Waals surface area (Å²) in [5.74, 6) is -0.750. The molecule has 1 heterocycles. The van der Waals surface area contributed by atoms with E-state index in [9.17, 15) is 4.79 Å². The number of aliphatic carboxylic acids is 1. The minimum Gasteiger partial charge on any atom is -0.480 e. The third-order valence-electron chi connectivity index (χ3n) is 3.12. The highest BCUT2D eigenvalue weighted by Gasteiger charge is 2.31. The van der Waals surface area contributed by atoms with E-state index < -0.39 is 5.97 Å². The van der Waals surface area contributed by atoms with Gasteiger partial charge in [0, 0.05) is 12.1 Å². The first-order chi connectivity index (χ1) is 7.40. The Bertz CT molecular complexity index is 232. The summed E-state index contributed by atoms with van der Waals surface area (Å²) in [4.78, 5) is 12.9. The van der Waals surface area contributed by atoms with Crippen molar-refractivity contribution in [2.24, 2.45) is 0 Å². The van der Waals surface area contributed by atoms with Crippen LogP contribution in [0.2, 0.25) is 0 Å². The Hall–Kier alpha value is -0.610. The fraction of sp³-hybridized carbons (Fsp3) is 0.917. The molecule has 94 valence electrons. The fourth-order valence-corrected chi connectivity index (χ4v) is 2.53. The smallest absolute Gasteiger partial charge is 0.317 e. The van der Waals surface area contributed by atoms with Crippen molar-refractivity contribution in [3.8, 4) is 0 Å². The zero-order chi connectivity index (χ0) is 12.3. The summed E-state index contributed by atoms with van der Waals surface area (Å²) in [6.45, 7) is 8.34. The maximum atomic E-state index is 10.8. The van der Waals surface area contributed by atoms with Crippen LogP contribution in [-0.2, 0) is 9.53 Å². The number of hydrogen-bond acceptors (Lipinski definition) is 3. The molecule has 2 unspecified atom stereocenters. The van der Waals surface area contributed by atoms with Gasteiger partial charge >= 0.3 is 5.97 Å². The number of carboxylic acids is 1. The van der Waals surface area contributed by atoms with E-state index in [1.165, 1.54) is 0 Å². The van der Waals surface area contributed by atoms with Gasteiger partial charge in [0.15, 0.2) is 0 Å².